The highest BCUT2D eigenvalue weighted by atomic mass is 32.2. The van der Waals surface area contributed by atoms with Crippen molar-refractivity contribution in [2.24, 2.45) is 0 Å². The Morgan fingerprint density at radius 3 is 2.03 bits per heavy atom. The molecule has 0 radical (unpaired) electrons. The van der Waals surface area contributed by atoms with E-state index in [0.29, 0.717) is 6.42 Å². The van der Waals surface area contributed by atoms with Gasteiger partial charge < -0.3 is 0 Å². The fraction of sp³-hybridized carbons (Fsp3) is 0.222. The summed E-state index contributed by atoms with van der Waals surface area (Å²) in [6.07, 6.45) is 0.610. The molecule has 31 heavy (non-hydrogen) atoms. The topological polar surface area (TPSA) is 118 Å². The summed E-state index contributed by atoms with van der Waals surface area (Å²) in [6.45, 7) is 0. The van der Waals surface area contributed by atoms with Crippen LogP contribution in [0, 0.1) is 0 Å². The molecule has 0 atom stereocenters. The molecule has 0 N–H and O–H groups in total. The Labute approximate surface area is 172 Å². The van der Waals surface area contributed by atoms with Crippen LogP contribution < -0.4 is 4.90 Å². The Morgan fingerprint density at radius 2 is 1.45 bits per heavy atom. The van der Waals surface area contributed by atoms with Crippen molar-refractivity contribution in [1.82, 2.24) is 5.06 Å². The van der Waals surface area contributed by atoms with Gasteiger partial charge in [0.25, 0.3) is 11.8 Å². The smallest absolute Gasteiger partial charge is 0.274 e. The normalized spacial score (nSPS) is 17.6. The summed E-state index contributed by atoms with van der Waals surface area (Å²) in [7, 11) is -6.29. The van der Waals surface area contributed by atoms with E-state index in [2.05, 4.69) is 4.28 Å². The van der Waals surface area contributed by atoms with Gasteiger partial charge in [0, 0.05) is 23.6 Å². The SMILES string of the molecule is O=C1c2cccc3c(N4C(=O)CCCC4=O)ccc(c23)C(=O)N1OS(=O)(=O)C(F)(F)F. The zero-order valence-corrected chi connectivity index (χ0v) is 16.1. The van der Waals surface area contributed by atoms with E-state index in [1.807, 2.05) is 0 Å². The molecule has 13 heteroatoms. The van der Waals surface area contributed by atoms with Crippen LogP contribution in [0.4, 0.5) is 18.9 Å². The van der Waals surface area contributed by atoms with Crippen molar-refractivity contribution in [2.75, 3.05) is 4.90 Å². The van der Waals surface area contributed by atoms with Crippen LogP contribution in [0.15, 0.2) is 30.3 Å². The largest absolute Gasteiger partial charge is 0.525 e. The molecule has 0 aliphatic carbocycles. The van der Waals surface area contributed by atoms with Gasteiger partial charge >= 0.3 is 15.6 Å². The summed E-state index contributed by atoms with van der Waals surface area (Å²) in [6, 6.07) is 6.21. The first-order valence-electron chi connectivity index (χ1n) is 8.75. The zero-order valence-electron chi connectivity index (χ0n) is 15.3. The summed E-state index contributed by atoms with van der Waals surface area (Å²) in [5.41, 5.74) is -6.42. The lowest BCUT2D eigenvalue weighted by Crippen LogP contribution is -2.44. The third-order valence-electron chi connectivity index (χ3n) is 4.82. The van der Waals surface area contributed by atoms with E-state index in [9.17, 15) is 40.8 Å². The second-order valence-corrected chi connectivity index (χ2v) is 8.24. The summed E-state index contributed by atoms with van der Waals surface area (Å²) in [5, 5.41) is -0.361. The maximum Gasteiger partial charge on any atom is 0.525 e. The van der Waals surface area contributed by atoms with Gasteiger partial charge in [-0.1, -0.05) is 12.1 Å². The van der Waals surface area contributed by atoms with Crippen LogP contribution >= 0.6 is 0 Å². The van der Waals surface area contributed by atoms with E-state index in [1.54, 1.807) is 0 Å². The van der Waals surface area contributed by atoms with Gasteiger partial charge in [-0.15, -0.1) is 9.35 Å². The quantitative estimate of drug-likeness (QED) is 0.514. The van der Waals surface area contributed by atoms with Crippen LogP contribution in [-0.4, -0.2) is 42.6 Å². The summed E-state index contributed by atoms with van der Waals surface area (Å²) in [4.78, 5) is 50.8. The van der Waals surface area contributed by atoms with Crippen molar-refractivity contribution < 1.29 is 45.1 Å². The number of anilines is 1. The molecule has 2 aromatic carbocycles. The highest BCUT2D eigenvalue weighted by Gasteiger charge is 2.51. The van der Waals surface area contributed by atoms with Crippen molar-refractivity contribution in [2.45, 2.75) is 24.8 Å². The van der Waals surface area contributed by atoms with Crippen molar-refractivity contribution in [3.63, 3.8) is 0 Å². The third-order valence-corrected chi connectivity index (χ3v) is 5.74. The van der Waals surface area contributed by atoms with Crippen LogP contribution in [-0.2, 0) is 24.0 Å². The Bertz CT molecular complexity index is 1250. The minimum Gasteiger partial charge on any atom is -0.274 e. The number of alkyl halides is 3. The average Bonchev–Trinajstić information content (AvgIpc) is 2.69. The summed E-state index contributed by atoms with van der Waals surface area (Å²) in [5.74, 6) is -3.84. The first kappa shape index (κ1) is 20.9. The van der Waals surface area contributed by atoms with Gasteiger partial charge in [-0.2, -0.15) is 21.6 Å². The van der Waals surface area contributed by atoms with Crippen LogP contribution in [0.2, 0.25) is 0 Å². The third kappa shape index (κ3) is 3.16. The lowest BCUT2D eigenvalue weighted by atomic mass is 9.93. The number of piperidine rings is 1. The minimum absolute atomic E-state index is 0.0366. The number of nitrogens with zero attached hydrogens (tertiary/aromatic N) is 2. The van der Waals surface area contributed by atoms with Crippen molar-refractivity contribution in [3.05, 3.63) is 41.5 Å². The molecule has 1 saturated heterocycles. The van der Waals surface area contributed by atoms with Crippen LogP contribution in [0.5, 0.6) is 0 Å². The van der Waals surface area contributed by atoms with E-state index in [-0.39, 0.29) is 40.4 Å². The van der Waals surface area contributed by atoms with Crippen molar-refractivity contribution in [3.8, 4) is 0 Å². The number of hydroxylamine groups is 2. The molecular formula is C18H11F3N2O7S. The van der Waals surface area contributed by atoms with E-state index in [4.69, 9.17) is 0 Å². The Kier molecular flexibility index (Phi) is 4.63. The molecule has 0 aromatic heterocycles. The lowest BCUT2D eigenvalue weighted by Gasteiger charge is -2.29. The second-order valence-electron chi connectivity index (χ2n) is 6.72. The molecule has 2 heterocycles. The van der Waals surface area contributed by atoms with E-state index >= 15 is 0 Å². The molecule has 2 aliphatic heterocycles. The number of carbonyl (C=O) groups is 4. The molecule has 4 rings (SSSR count). The Hall–Kier alpha value is -3.32. The maximum atomic E-state index is 12.7. The van der Waals surface area contributed by atoms with E-state index < -0.39 is 44.3 Å². The number of hydrogen-bond acceptors (Lipinski definition) is 7. The zero-order chi connectivity index (χ0) is 22.7. The Morgan fingerprint density at radius 1 is 0.871 bits per heavy atom. The van der Waals surface area contributed by atoms with Gasteiger partial charge in [-0.05, 0) is 24.6 Å². The molecule has 162 valence electrons. The molecule has 0 bridgehead atoms. The summed E-state index contributed by atoms with van der Waals surface area (Å²) >= 11 is 0. The van der Waals surface area contributed by atoms with Crippen LogP contribution in [0.25, 0.3) is 10.8 Å². The maximum absolute atomic E-state index is 12.7. The fourth-order valence-corrected chi connectivity index (χ4v) is 3.90. The molecule has 2 aliphatic rings. The molecule has 4 amide bonds. The van der Waals surface area contributed by atoms with Crippen molar-refractivity contribution >= 4 is 50.2 Å². The van der Waals surface area contributed by atoms with E-state index in [1.165, 1.54) is 18.2 Å². The predicted octanol–water partition coefficient (Wildman–Crippen LogP) is 2.26. The molecule has 0 spiro atoms. The number of imide groups is 2. The lowest BCUT2D eigenvalue weighted by molar-refractivity contribution is -0.129. The monoisotopic (exact) mass is 456 g/mol. The van der Waals surface area contributed by atoms with Gasteiger partial charge in [0.05, 0.1) is 16.8 Å². The van der Waals surface area contributed by atoms with Crippen LogP contribution in [0.1, 0.15) is 40.0 Å². The van der Waals surface area contributed by atoms with Crippen LogP contribution in [0.3, 0.4) is 0 Å². The first-order chi connectivity index (χ1) is 14.4. The Balaban J connectivity index is 1.87. The van der Waals surface area contributed by atoms with Gasteiger partial charge in [-0.25, -0.2) is 4.90 Å². The summed E-state index contributed by atoms with van der Waals surface area (Å²) < 4.78 is 64.4. The first-order valence-corrected chi connectivity index (χ1v) is 10.2. The number of carbonyl (C=O) groups excluding carboxylic acids is 4. The fourth-order valence-electron chi connectivity index (χ4n) is 3.48. The molecular weight excluding hydrogens is 445 g/mol. The minimum atomic E-state index is -6.29. The molecule has 1 fully saturated rings. The second kappa shape index (κ2) is 6.85. The standard InChI is InChI=1S/C18H11F3N2O7S/c19-18(20,21)31(28,29)30-23-16(26)10-4-1-3-9-12(8-7-11(15(9)10)17(23)27)22-13(24)5-2-6-14(22)25/h1,3-4,7-8H,2,5-6H2. The van der Waals surface area contributed by atoms with Crippen molar-refractivity contribution in [1.29, 1.82) is 0 Å². The van der Waals surface area contributed by atoms with Gasteiger partial charge in [-0.3, -0.25) is 19.2 Å². The number of halogens is 3. The average molecular weight is 456 g/mol. The molecule has 9 nitrogen and oxygen atoms in total. The van der Waals surface area contributed by atoms with Gasteiger partial charge in [0.1, 0.15) is 0 Å². The number of hydrogen-bond donors (Lipinski definition) is 0. The number of rotatable bonds is 3. The highest BCUT2D eigenvalue weighted by molar-refractivity contribution is 7.87. The van der Waals surface area contributed by atoms with Gasteiger partial charge in [0.15, 0.2) is 0 Å². The predicted molar refractivity (Wildman–Crippen MR) is 96.9 cm³/mol. The molecule has 0 saturated carbocycles. The molecule has 0 unspecified atom stereocenters. The number of benzene rings is 2. The van der Waals surface area contributed by atoms with Gasteiger partial charge in [0.2, 0.25) is 11.8 Å². The highest BCUT2D eigenvalue weighted by Crippen LogP contribution is 2.38. The number of amides is 4. The molecule has 2 aromatic rings. The van der Waals surface area contributed by atoms with E-state index in [0.717, 1.165) is 17.0 Å².